The molecule has 0 saturated heterocycles. The lowest BCUT2D eigenvalue weighted by Gasteiger charge is -2.14. The van der Waals surface area contributed by atoms with Crippen molar-refractivity contribution in [3.05, 3.63) is 60.0 Å². The Morgan fingerprint density at radius 3 is 2.60 bits per heavy atom. The molecule has 0 unspecified atom stereocenters. The molecule has 0 atom stereocenters. The SMILES string of the molecule is O=C(O)C1=CC=COC1=C1C=CC=CO1. The summed E-state index contributed by atoms with van der Waals surface area (Å²) in [6.45, 7) is 0. The Morgan fingerprint density at radius 2 is 1.93 bits per heavy atom. The molecule has 0 spiro atoms. The Kier molecular flexibility index (Phi) is 2.41. The largest absolute Gasteiger partial charge is 0.478 e. The molecule has 4 nitrogen and oxygen atoms in total. The van der Waals surface area contributed by atoms with Gasteiger partial charge in [0.05, 0.1) is 12.5 Å². The first-order chi connectivity index (χ1) is 7.29. The molecule has 4 heteroatoms. The van der Waals surface area contributed by atoms with Gasteiger partial charge in [-0.15, -0.1) is 0 Å². The summed E-state index contributed by atoms with van der Waals surface area (Å²) in [6, 6.07) is 0. The van der Waals surface area contributed by atoms with Crippen molar-refractivity contribution in [1.29, 1.82) is 0 Å². The van der Waals surface area contributed by atoms with Crippen molar-refractivity contribution < 1.29 is 19.4 Å². The minimum Gasteiger partial charge on any atom is -0.478 e. The summed E-state index contributed by atoms with van der Waals surface area (Å²) in [4.78, 5) is 10.9. The van der Waals surface area contributed by atoms with E-state index in [9.17, 15) is 4.79 Å². The van der Waals surface area contributed by atoms with Crippen molar-refractivity contribution >= 4 is 5.97 Å². The van der Waals surface area contributed by atoms with Gasteiger partial charge in [0, 0.05) is 0 Å². The van der Waals surface area contributed by atoms with E-state index in [1.54, 1.807) is 18.2 Å². The first kappa shape index (κ1) is 9.33. The van der Waals surface area contributed by atoms with E-state index < -0.39 is 5.97 Å². The zero-order chi connectivity index (χ0) is 10.7. The van der Waals surface area contributed by atoms with Crippen LogP contribution in [0.4, 0.5) is 0 Å². The van der Waals surface area contributed by atoms with Gasteiger partial charge in [-0.3, -0.25) is 0 Å². The van der Waals surface area contributed by atoms with Gasteiger partial charge in [-0.25, -0.2) is 4.79 Å². The quantitative estimate of drug-likeness (QED) is 0.708. The van der Waals surface area contributed by atoms with E-state index in [0.717, 1.165) is 0 Å². The molecule has 2 heterocycles. The molecule has 0 aromatic heterocycles. The number of carbonyl (C=O) groups is 1. The molecule has 1 N–H and O–H groups in total. The van der Waals surface area contributed by atoms with Gasteiger partial charge < -0.3 is 14.6 Å². The third-order valence-corrected chi connectivity index (χ3v) is 1.86. The van der Waals surface area contributed by atoms with Gasteiger partial charge in [0.1, 0.15) is 5.57 Å². The number of hydrogen-bond donors (Lipinski definition) is 1. The second-order valence-corrected chi connectivity index (χ2v) is 2.83. The van der Waals surface area contributed by atoms with Crippen molar-refractivity contribution in [3.63, 3.8) is 0 Å². The second kappa shape index (κ2) is 3.88. The molecule has 0 amide bonds. The summed E-state index contributed by atoms with van der Waals surface area (Å²) in [7, 11) is 0. The van der Waals surface area contributed by atoms with Gasteiger partial charge in [0.25, 0.3) is 0 Å². The molecule has 2 aliphatic rings. The number of allylic oxidation sites excluding steroid dienone is 5. The van der Waals surface area contributed by atoms with Crippen molar-refractivity contribution in [2.45, 2.75) is 0 Å². The first-order valence-electron chi connectivity index (χ1n) is 4.30. The minimum absolute atomic E-state index is 0.0763. The topological polar surface area (TPSA) is 55.8 Å². The second-order valence-electron chi connectivity index (χ2n) is 2.83. The number of ether oxygens (including phenoxy) is 2. The lowest BCUT2D eigenvalue weighted by Crippen LogP contribution is -2.10. The van der Waals surface area contributed by atoms with Crippen LogP contribution in [0, 0.1) is 0 Å². The smallest absolute Gasteiger partial charge is 0.339 e. The monoisotopic (exact) mass is 204 g/mol. The van der Waals surface area contributed by atoms with Gasteiger partial charge in [-0.2, -0.15) is 0 Å². The molecule has 2 rings (SSSR count). The highest BCUT2D eigenvalue weighted by Crippen LogP contribution is 2.24. The molecule has 0 bridgehead atoms. The van der Waals surface area contributed by atoms with Crippen molar-refractivity contribution in [2.75, 3.05) is 0 Å². The minimum atomic E-state index is -1.05. The number of carboxylic acids is 1. The molecule has 0 aliphatic carbocycles. The average Bonchev–Trinajstić information content (AvgIpc) is 2.30. The van der Waals surface area contributed by atoms with Crippen LogP contribution in [0.2, 0.25) is 0 Å². The fourth-order valence-corrected chi connectivity index (χ4v) is 1.21. The predicted octanol–water partition coefficient (Wildman–Crippen LogP) is 1.85. The number of hydrogen-bond acceptors (Lipinski definition) is 3. The maximum Gasteiger partial charge on any atom is 0.339 e. The molecule has 76 valence electrons. The fourth-order valence-electron chi connectivity index (χ4n) is 1.21. The summed E-state index contributed by atoms with van der Waals surface area (Å²) in [6.07, 6.45) is 10.9. The normalized spacial score (nSPS) is 23.1. The van der Waals surface area contributed by atoms with E-state index in [1.165, 1.54) is 24.7 Å². The maximum atomic E-state index is 10.9. The Labute approximate surface area is 86.1 Å². The Hall–Kier alpha value is -2.23. The van der Waals surface area contributed by atoms with Crippen molar-refractivity contribution in [2.24, 2.45) is 0 Å². The van der Waals surface area contributed by atoms with Crippen molar-refractivity contribution in [3.8, 4) is 0 Å². The highest BCUT2D eigenvalue weighted by molar-refractivity contribution is 5.92. The molecule has 15 heavy (non-hydrogen) atoms. The number of rotatable bonds is 1. The number of carboxylic acid groups (broad SMARTS) is 1. The van der Waals surface area contributed by atoms with Crippen LogP contribution in [0.25, 0.3) is 0 Å². The molecular weight excluding hydrogens is 196 g/mol. The average molecular weight is 204 g/mol. The number of aliphatic carboxylic acids is 1. The van der Waals surface area contributed by atoms with E-state index in [1.807, 2.05) is 0 Å². The maximum absolute atomic E-state index is 10.9. The Bertz CT molecular complexity index is 436. The summed E-state index contributed by atoms with van der Waals surface area (Å²) in [5, 5.41) is 8.93. The molecule has 0 radical (unpaired) electrons. The first-order valence-corrected chi connectivity index (χ1v) is 4.30. The summed E-state index contributed by atoms with van der Waals surface area (Å²) < 4.78 is 10.3. The molecule has 0 aromatic carbocycles. The molecular formula is C11H8O4. The van der Waals surface area contributed by atoms with Crippen LogP contribution in [-0.4, -0.2) is 11.1 Å². The molecule has 0 fully saturated rings. The van der Waals surface area contributed by atoms with E-state index in [2.05, 4.69) is 0 Å². The van der Waals surface area contributed by atoms with Crippen LogP contribution < -0.4 is 0 Å². The lowest BCUT2D eigenvalue weighted by atomic mass is 10.1. The molecule has 2 aliphatic heterocycles. The van der Waals surface area contributed by atoms with Gasteiger partial charge in [-0.05, 0) is 24.3 Å². The van der Waals surface area contributed by atoms with E-state index in [-0.39, 0.29) is 11.3 Å². The van der Waals surface area contributed by atoms with Crippen LogP contribution in [0.1, 0.15) is 0 Å². The van der Waals surface area contributed by atoms with Crippen LogP contribution in [0.5, 0.6) is 0 Å². The highest BCUT2D eigenvalue weighted by atomic mass is 16.5. The van der Waals surface area contributed by atoms with Crippen LogP contribution >= 0.6 is 0 Å². The Morgan fingerprint density at radius 1 is 1.13 bits per heavy atom. The van der Waals surface area contributed by atoms with E-state index in [0.29, 0.717) is 5.76 Å². The van der Waals surface area contributed by atoms with Gasteiger partial charge >= 0.3 is 5.97 Å². The third-order valence-electron chi connectivity index (χ3n) is 1.86. The van der Waals surface area contributed by atoms with Gasteiger partial charge in [-0.1, -0.05) is 6.08 Å². The summed E-state index contributed by atoms with van der Waals surface area (Å²) in [5.41, 5.74) is 0.0763. The predicted molar refractivity (Wildman–Crippen MR) is 52.3 cm³/mol. The summed E-state index contributed by atoms with van der Waals surface area (Å²) >= 11 is 0. The zero-order valence-corrected chi connectivity index (χ0v) is 7.71. The van der Waals surface area contributed by atoms with E-state index >= 15 is 0 Å². The summed E-state index contributed by atoms with van der Waals surface area (Å²) in [5.74, 6) is -0.450. The standard InChI is InChI=1S/C11H8O4/c12-11(13)8-4-3-7-15-10(8)9-5-1-2-6-14-9/h1-7H,(H,12,13). The zero-order valence-electron chi connectivity index (χ0n) is 7.71. The Balaban J connectivity index is 2.40. The van der Waals surface area contributed by atoms with Crippen LogP contribution in [0.3, 0.4) is 0 Å². The lowest BCUT2D eigenvalue weighted by molar-refractivity contribution is -0.132. The van der Waals surface area contributed by atoms with Crippen LogP contribution in [0.15, 0.2) is 60.0 Å². The highest BCUT2D eigenvalue weighted by Gasteiger charge is 2.21. The van der Waals surface area contributed by atoms with E-state index in [4.69, 9.17) is 14.6 Å². The fraction of sp³-hybridized carbons (Fsp3) is 0. The molecule has 0 aromatic rings. The third kappa shape index (κ3) is 1.83. The van der Waals surface area contributed by atoms with Gasteiger partial charge in [0.15, 0.2) is 11.5 Å². The molecule has 0 saturated carbocycles. The van der Waals surface area contributed by atoms with Gasteiger partial charge in [0.2, 0.25) is 0 Å². The van der Waals surface area contributed by atoms with Crippen LogP contribution in [-0.2, 0) is 14.3 Å². The van der Waals surface area contributed by atoms with Crippen molar-refractivity contribution in [1.82, 2.24) is 0 Å².